The highest BCUT2D eigenvalue weighted by Crippen LogP contribution is 2.33. The van der Waals surface area contributed by atoms with E-state index < -0.39 is 29.9 Å². The molecule has 1 aliphatic carbocycles. The van der Waals surface area contributed by atoms with Crippen LogP contribution in [0.5, 0.6) is 0 Å². The van der Waals surface area contributed by atoms with Crippen LogP contribution in [0.3, 0.4) is 0 Å². The first kappa shape index (κ1) is 15.7. The Balaban J connectivity index is 1.96. The number of aliphatic hydroxyl groups excluding tert-OH is 1. The molecule has 0 radical (unpaired) electrons. The molecule has 0 saturated heterocycles. The van der Waals surface area contributed by atoms with Gasteiger partial charge in [-0.3, -0.25) is 14.5 Å². The summed E-state index contributed by atoms with van der Waals surface area (Å²) in [5.41, 5.74) is 0.509. The van der Waals surface area contributed by atoms with Crippen LogP contribution in [0.4, 0.5) is 0 Å². The first-order chi connectivity index (χ1) is 11.1. The van der Waals surface area contributed by atoms with Crippen LogP contribution in [0.2, 0.25) is 0 Å². The van der Waals surface area contributed by atoms with Gasteiger partial charge in [-0.25, -0.2) is 4.79 Å². The predicted molar refractivity (Wildman–Crippen MR) is 80.7 cm³/mol. The van der Waals surface area contributed by atoms with Gasteiger partial charge in [-0.2, -0.15) is 0 Å². The minimum Gasteiger partial charge on any atom is -0.467 e. The van der Waals surface area contributed by atoms with E-state index >= 15 is 0 Å². The van der Waals surface area contributed by atoms with Gasteiger partial charge >= 0.3 is 5.97 Å². The van der Waals surface area contributed by atoms with Crippen molar-refractivity contribution in [1.82, 2.24) is 4.90 Å². The minimum absolute atomic E-state index is 0.108. The summed E-state index contributed by atoms with van der Waals surface area (Å²) < 4.78 is 4.76. The van der Waals surface area contributed by atoms with Crippen LogP contribution < -0.4 is 0 Å². The lowest BCUT2D eigenvalue weighted by molar-refractivity contribution is -0.150. The molecule has 3 rings (SSSR count). The summed E-state index contributed by atoms with van der Waals surface area (Å²) in [6, 6.07) is 5.12. The van der Waals surface area contributed by atoms with Gasteiger partial charge in [-0.15, -0.1) is 0 Å². The number of hydrogen-bond acceptors (Lipinski definition) is 5. The summed E-state index contributed by atoms with van der Waals surface area (Å²) in [5, 5.41) is 10.6. The van der Waals surface area contributed by atoms with Crippen molar-refractivity contribution in [2.45, 2.75) is 37.8 Å². The Kier molecular flexibility index (Phi) is 4.17. The zero-order valence-electron chi connectivity index (χ0n) is 12.9. The van der Waals surface area contributed by atoms with Crippen molar-refractivity contribution in [1.29, 1.82) is 0 Å². The van der Waals surface area contributed by atoms with E-state index in [2.05, 4.69) is 0 Å². The molecule has 1 heterocycles. The molecule has 6 heteroatoms. The van der Waals surface area contributed by atoms with Crippen molar-refractivity contribution in [2.75, 3.05) is 7.11 Å². The van der Waals surface area contributed by atoms with E-state index in [0.717, 1.165) is 30.6 Å². The molecular weight excluding hydrogens is 298 g/mol. The highest BCUT2D eigenvalue weighted by Gasteiger charge is 2.48. The van der Waals surface area contributed by atoms with Crippen molar-refractivity contribution < 1.29 is 24.2 Å². The monoisotopic (exact) mass is 317 g/mol. The smallest absolute Gasteiger partial charge is 0.331 e. The quantitative estimate of drug-likeness (QED) is 0.670. The molecule has 1 aliphatic heterocycles. The van der Waals surface area contributed by atoms with Crippen LogP contribution in [0.25, 0.3) is 0 Å². The Morgan fingerprint density at radius 1 is 1.17 bits per heavy atom. The number of carbonyl (C=O) groups excluding carboxylic acids is 3. The van der Waals surface area contributed by atoms with E-state index in [-0.39, 0.29) is 17.0 Å². The van der Waals surface area contributed by atoms with Gasteiger partial charge in [-0.1, -0.05) is 25.0 Å². The third kappa shape index (κ3) is 2.53. The molecule has 1 N–H and O–H groups in total. The summed E-state index contributed by atoms with van der Waals surface area (Å²) in [6.45, 7) is 0. The Labute approximate surface area is 134 Å². The van der Waals surface area contributed by atoms with Crippen molar-refractivity contribution in [3.63, 3.8) is 0 Å². The lowest BCUT2D eigenvalue weighted by Crippen LogP contribution is -2.54. The number of benzene rings is 1. The van der Waals surface area contributed by atoms with Crippen molar-refractivity contribution in [3.8, 4) is 0 Å². The fraction of sp³-hybridized carbons (Fsp3) is 0.471. The molecule has 1 aromatic carbocycles. The Morgan fingerprint density at radius 2 is 1.70 bits per heavy atom. The number of methoxy groups -OCH3 is 1. The predicted octanol–water partition coefficient (Wildman–Crippen LogP) is 1.38. The van der Waals surface area contributed by atoms with Crippen LogP contribution in [0.1, 0.15) is 46.4 Å². The van der Waals surface area contributed by atoms with Gasteiger partial charge in [0.2, 0.25) is 0 Å². The fourth-order valence-corrected chi connectivity index (χ4v) is 3.54. The zero-order chi connectivity index (χ0) is 16.6. The summed E-state index contributed by atoms with van der Waals surface area (Å²) in [7, 11) is 1.19. The molecule has 2 aliphatic rings. The number of imide groups is 1. The van der Waals surface area contributed by atoms with Gasteiger partial charge in [0.25, 0.3) is 11.8 Å². The largest absolute Gasteiger partial charge is 0.467 e. The number of rotatable bonds is 4. The average Bonchev–Trinajstić information content (AvgIpc) is 3.18. The van der Waals surface area contributed by atoms with E-state index in [4.69, 9.17) is 4.74 Å². The number of aliphatic hydroxyl groups is 1. The molecule has 0 unspecified atom stereocenters. The molecule has 1 saturated carbocycles. The Morgan fingerprint density at radius 3 is 2.17 bits per heavy atom. The number of hydrogen-bond donors (Lipinski definition) is 1. The minimum atomic E-state index is -1.30. The van der Waals surface area contributed by atoms with Crippen LogP contribution in [-0.2, 0) is 9.53 Å². The van der Waals surface area contributed by atoms with Crippen LogP contribution in [-0.4, -0.2) is 47.0 Å². The standard InChI is InChI=1S/C17H19NO5/c1-23-17(22)13(14(19)10-6-2-3-7-10)18-15(20)11-8-4-5-9-12(11)16(18)21/h4-5,8-10,13-14,19H,2-3,6-7H2,1H3/t13-,14-/m0/s1. The number of nitrogens with zero attached hydrogens (tertiary/aromatic N) is 1. The number of carbonyl (C=O) groups is 3. The molecule has 0 spiro atoms. The maximum atomic E-state index is 12.6. The first-order valence-corrected chi connectivity index (χ1v) is 7.79. The summed E-state index contributed by atoms with van der Waals surface area (Å²) >= 11 is 0. The third-order valence-electron chi connectivity index (χ3n) is 4.75. The van der Waals surface area contributed by atoms with Gasteiger partial charge < -0.3 is 9.84 Å². The summed E-state index contributed by atoms with van der Waals surface area (Å²) in [5.74, 6) is -1.99. The van der Waals surface area contributed by atoms with Crippen LogP contribution >= 0.6 is 0 Å². The van der Waals surface area contributed by atoms with Gasteiger partial charge in [0.1, 0.15) is 0 Å². The SMILES string of the molecule is COC(=O)[C@H]([C@@H](O)C1CCCC1)N1C(=O)c2ccccc2C1=O. The number of fused-ring (bicyclic) bond motifs is 1. The second kappa shape index (κ2) is 6.12. The number of ether oxygens (including phenoxy) is 1. The van der Waals surface area contributed by atoms with Crippen LogP contribution in [0, 0.1) is 5.92 Å². The molecule has 2 amide bonds. The van der Waals surface area contributed by atoms with E-state index in [1.54, 1.807) is 24.3 Å². The van der Waals surface area contributed by atoms with Gasteiger partial charge in [0.05, 0.1) is 24.3 Å². The second-order valence-corrected chi connectivity index (χ2v) is 6.03. The van der Waals surface area contributed by atoms with E-state index in [1.807, 2.05) is 0 Å². The van der Waals surface area contributed by atoms with Gasteiger partial charge in [0.15, 0.2) is 6.04 Å². The molecule has 0 aromatic heterocycles. The lowest BCUT2D eigenvalue weighted by Gasteiger charge is -2.31. The van der Waals surface area contributed by atoms with Crippen molar-refractivity contribution in [2.24, 2.45) is 5.92 Å². The molecule has 1 fully saturated rings. The third-order valence-corrected chi connectivity index (χ3v) is 4.75. The molecule has 6 nitrogen and oxygen atoms in total. The van der Waals surface area contributed by atoms with E-state index in [0.29, 0.717) is 0 Å². The number of esters is 1. The fourth-order valence-electron chi connectivity index (χ4n) is 3.54. The second-order valence-electron chi connectivity index (χ2n) is 6.03. The molecule has 23 heavy (non-hydrogen) atoms. The Hall–Kier alpha value is -2.21. The maximum Gasteiger partial charge on any atom is 0.331 e. The van der Waals surface area contributed by atoms with E-state index in [1.165, 1.54) is 7.11 Å². The summed E-state index contributed by atoms with van der Waals surface area (Å²) in [6.07, 6.45) is 2.39. The molecule has 2 atom stereocenters. The lowest BCUT2D eigenvalue weighted by atomic mass is 9.93. The van der Waals surface area contributed by atoms with E-state index in [9.17, 15) is 19.5 Å². The Bertz CT molecular complexity index is 615. The molecule has 0 bridgehead atoms. The van der Waals surface area contributed by atoms with Gasteiger partial charge in [-0.05, 0) is 30.9 Å². The maximum absolute atomic E-state index is 12.6. The average molecular weight is 317 g/mol. The first-order valence-electron chi connectivity index (χ1n) is 7.79. The topological polar surface area (TPSA) is 83.9 Å². The normalized spacial score (nSPS) is 20.5. The van der Waals surface area contributed by atoms with Crippen molar-refractivity contribution >= 4 is 17.8 Å². The highest BCUT2D eigenvalue weighted by molar-refractivity contribution is 6.22. The molecular formula is C17H19NO5. The number of amides is 2. The molecule has 1 aromatic rings. The molecule has 122 valence electrons. The van der Waals surface area contributed by atoms with Gasteiger partial charge in [0, 0.05) is 0 Å². The zero-order valence-corrected chi connectivity index (χ0v) is 12.9. The van der Waals surface area contributed by atoms with Crippen molar-refractivity contribution in [3.05, 3.63) is 35.4 Å². The summed E-state index contributed by atoms with van der Waals surface area (Å²) in [4.78, 5) is 38.2. The van der Waals surface area contributed by atoms with Crippen LogP contribution in [0.15, 0.2) is 24.3 Å². The highest BCUT2D eigenvalue weighted by atomic mass is 16.5.